The Kier molecular flexibility index (Phi) is 3.74. The molecule has 2 atom stereocenters. The molecule has 0 radical (unpaired) electrons. The Hall–Kier alpha value is -1.65. The second kappa shape index (κ2) is 5.77. The molecule has 0 spiro atoms. The lowest BCUT2D eigenvalue weighted by Gasteiger charge is -2.32. The van der Waals surface area contributed by atoms with Gasteiger partial charge in [0.1, 0.15) is 37.4 Å². The van der Waals surface area contributed by atoms with Crippen LogP contribution in [-0.4, -0.2) is 25.3 Å². The van der Waals surface area contributed by atoms with Crippen LogP contribution < -0.4 is 10.5 Å². The molecule has 0 bridgehead atoms. The molecule has 1 aliphatic heterocycles. The molecule has 0 unspecified atom stereocenters. The van der Waals surface area contributed by atoms with E-state index >= 15 is 0 Å². The SMILES string of the molecule is C[C@H]1C[NH+](Cc2cc(=O)oc3cc4c(cc23)CCC4)C[C@H](C)O1. The molecule has 0 saturated carbocycles. The summed E-state index contributed by atoms with van der Waals surface area (Å²) >= 11 is 0. The van der Waals surface area contributed by atoms with Crippen LogP contribution in [0.2, 0.25) is 0 Å². The second-order valence-electron chi connectivity index (χ2n) is 7.15. The van der Waals surface area contributed by atoms with Crippen LogP contribution in [0.25, 0.3) is 11.0 Å². The van der Waals surface area contributed by atoms with E-state index in [1.807, 2.05) is 0 Å². The molecule has 2 aromatic rings. The summed E-state index contributed by atoms with van der Waals surface area (Å²) in [6, 6.07) is 6.02. The quantitative estimate of drug-likeness (QED) is 0.854. The highest BCUT2D eigenvalue weighted by Crippen LogP contribution is 2.28. The molecule has 1 aromatic carbocycles. The Morgan fingerprint density at radius 3 is 2.52 bits per heavy atom. The van der Waals surface area contributed by atoms with Gasteiger partial charge in [0.05, 0.1) is 0 Å². The Morgan fingerprint density at radius 1 is 1.09 bits per heavy atom. The first-order valence-electron chi connectivity index (χ1n) is 8.66. The van der Waals surface area contributed by atoms with Gasteiger partial charge in [-0.1, -0.05) is 0 Å². The molecule has 4 nitrogen and oxygen atoms in total. The highest BCUT2D eigenvalue weighted by atomic mass is 16.5. The van der Waals surface area contributed by atoms with Gasteiger partial charge in [0.15, 0.2) is 0 Å². The van der Waals surface area contributed by atoms with Gasteiger partial charge in [-0.2, -0.15) is 0 Å². The van der Waals surface area contributed by atoms with E-state index in [2.05, 4.69) is 26.0 Å². The summed E-state index contributed by atoms with van der Waals surface area (Å²) in [7, 11) is 0. The Morgan fingerprint density at radius 2 is 1.78 bits per heavy atom. The van der Waals surface area contributed by atoms with Gasteiger partial charge in [0.2, 0.25) is 0 Å². The number of hydrogen-bond donors (Lipinski definition) is 1. The van der Waals surface area contributed by atoms with Crippen molar-refractivity contribution in [1.82, 2.24) is 0 Å². The van der Waals surface area contributed by atoms with Gasteiger partial charge in [0, 0.05) is 17.0 Å². The van der Waals surface area contributed by atoms with Gasteiger partial charge in [-0.25, -0.2) is 4.79 Å². The lowest BCUT2D eigenvalue weighted by molar-refractivity contribution is -0.928. The van der Waals surface area contributed by atoms with Crippen LogP contribution >= 0.6 is 0 Å². The summed E-state index contributed by atoms with van der Waals surface area (Å²) in [6.07, 6.45) is 3.98. The number of aryl methyl sites for hydroxylation is 2. The van der Waals surface area contributed by atoms with Crippen LogP contribution in [0.5, 0.6) is 0 Å². The number of nitrogens with one attached hydrogen (secondary N) is 1. The molecule has 1 aliphatic carbocycles. The fourth-order valence-electron chi connectivity index (χ4n) is 4.24. The number of quaternary nitrogens is 1. The first-order chi connectivity index (χ1) is 11.1. The lowest BCUT2D eigenvalue weighted by atomic mass is 10.0. The molecule has 4 rings (SSSR count). The highest BCUT2D eigenvalue weighted by molar-refractivity contribution is 5.82. The van der Waals surface area contributed by atoms with E-state index in [-0.39, 0.29) is 17.8 Å². The molecule has 1 fully saturated rings. The van der Waals surface area contributed by atoms with E-state index < -0.39 is 0 Å². The predicted octanol–water partition coefficient (Wildman–Crippen LogP) is 1.47. The zero-order valence-electron chi connectivity index (χ0n) is 13.9. The molecule has 0 amide bonds. The molecular formula is C19H24NO3+. The summed E-state index contributed by atoms with van der Waals surface area (Å²) in [4.78, 5) is 13.4. The molecule has 122 valence electrons. The number of hydrogen-bond acceptors (Lipinski definition) is 3. The summed E-state index contributed by atoms with van der Waals surface area (Å²) < 4.78 is 11.3. The first kappa shape index (κ1) is 14.9. The largest absolute Gasteiger partial charge is 0.423 e. The minimum atomic E-state index is -0.237. The van der Waals surface area contributed by atoms with Gasteiger partial charge in [-0.3, -0.25) is 0 Å². The second-order valence-corrected chi connectivity index (χ2v) is 7.15. The summed E-state index contributed by atoms with van der Waals surface area (Å²) in [6.45, 7) is 7.08. The Bertz CT molecular complexity index is 785. The molecule has 1 saturated heterocycles. The van der Waals surface area contributed by atoms with Crippen LogP contribution in [-0.2, 0) is 24.1 Å². The topological polar surface area (TPSA) is 43.9 Å². The summed E-state index contributed by atoms with van der Waals surface area (Å²) in [5.74, 6) is 0. The Labute approximate surface area is 136 Å². The average Bonchev–Trinajstić information content (AvgIpc) is 2.91. The molecule has 2 heterocycles. The van der Waals surface area contributed by atoms with Gasteiger partial charge < -0.3 is 14.1 Å². The number of fused-ring (bicyclic) bond motifs is 2. The third-order valence-corrected chi connectivity index (χ3v) is 5.10. The monoisotopic (exact) mass is 314 g/mol. The number of morpholine rings is 1. The van der Waals surface area contributed by atoms with Crippen LogP contribution in [0.1, 0.15) is 37.0 Å². The molecule has 1 aromatic heterocycles. The summed E-state index contributed by atoms with van der Waals surface area (Å²) in [5.41, 5.74) is 4.40. The third-order valence-electron chi connectivity index (χ3n) is 5.10. The van der Waals surface area contributed by atoms with Crippen molar-refractivity contribution in [3.63, 3.8) is 0 Å². The minimum absolute atomic E-state index is 0.237. The van der Waals surface area contributed by atoms with Crippen LogP contribution in [0, 0.1) is 0 Å². The third kappa shape index (κ3) is 2.93. The van der Waals surface area contributed by atoms with E-state index in [0.29, 0.717) is 0 Å². The smallest absolute Gasteiger partial charge is 0.336 e. The zero-order chi connectivity index (χ0) is 16.0. The number of ether oxygens (including phenoxy) is 1. The molecular weight excluding hydrogens is 290 g/mol. The fraction of sp³-hybridized carbons (Fsp3) is 0.526. The van der Waals surface area contributed by atoms with Crippen molar-refractivity contribution in [2.75, 3.05) is 13.1 Å². The van der Waals surface area contributed by atoms with Crippen molar-refractivity contribution < 1.29 is 14.1 Å². The van der Waals surface area contributed by atoms with E-state index in [1.165, 1.54) is 22.4 Å². The zero-order valence-corrected chi connectivity index (χ0v) is 13.9. The van der Waals surface area contributed by atoms with Gasteiger partial charge in [-0.05, 0) is 56.4 Å². The maximum absolute atomic E-state index is 12.0. The van der Waals surface area contributed by atoms with Crippen molar-refractivity contribution in [3.8, 4) is 0 Å². The summed E-state index contributed by atoms with van der Waals surface area (Å²) in [5, 5.41) is 1.12. The van der Waals surface area contributed by atoms with E-state index in [1.54, 1.807) is 6.07 Å². The van der Waals surface area contributed by atoms with Gasteiger partial charge >= 0.3 is 5.63 Å². The van der Waals surface area contributed by atoms with Crippen LogP contribution in [0.3, 0.4) is 0 Å². The van der Waals surface area contributed by atoms with Crippen molar-refractivity contribution in [2.24, 2.45) is 0 Å². The van der Waals surface area contributed by atoms with E-state index in [0.717, 1.165) is 49.0 Å². The molecule has 23 heavy (non-hydrogen) atoms. The maximum Gasteiger partial charge on any atom is 0.336 e. The van der Waals surface area contributed by atoms with E-state index in [4.69, 9.17) is 9.15 Å². The van der Waals surface area contributed by atoms with Gasteiger partial charge in [0.25, 0.3) is 0 Å². The van der Waals surface area contributed by atoms with Crippen molar-refractivity contribution in [1.29, 1.82) is 0 Å². The van der Waals surface area contributed by atoms with Crippen molar-refractivity contribution in [2.45, 2.75) is 51.9 Å². The standard InChI is InChI=1S/C19H23NO3/c1-12-9-20(10-13(2)22-12)11-16-8-19(21)23-18-7-15-5-3-4-14(15)6-17(16)18/h6-8,12-13H,3-5,9-11H2,1-2H3/p+1/t12-,13-/m0/s1. The lowest BCUT2D eigenvalue weighted by Crippen LogP contribution is -3.14. The fourth-order valence-corrected chi connectivity index (χ4v) is 4.24. The number of benzene rings is 1. The minimum Gasteiger partial charge on any atom is -0.423 e. The highest BCUT2D eigenvalue weighted by Gasteiger charge is 2.26. The molecule has 1 N–H and O–H groups in total. The Balaban J connectivity index is 1.72. The van der Waals surface area contributed by atoms with Crippen molar-refractivity contribution in [3.05, 3.63) is 45.3 Å². The first-order valence-corrected chi connectivity index (χ1v) is 8.66. The number of rotatable bonds is 2. The van der Waals surface area contributed by atoms with E-state index in [9.17, 15) is 4.79 Å². The predicted molar refractivity (Wildman–Crippen MR) is 88.9 cm³/mol. The van der Waals surface area contributed by atoms with Crippen LogP contribution in [0.4, 0.5) is 0 Å². The average molecular weight is 314 g/mol. The van der Waals surface area contributed by atoms with Gasteiger partial charge in [-0.15, -0.1) is 0 Å². The van der Waals surface area contributed by atoms with Crippen molar-refractivity contribution >= 4 is 11.0 Å². The molecule has 2 aliphatic rings. The normalized spacial score (nSPS) is 27.3. The van der Waals surface area contributed by atoms with Crippen LogP contribution in [0.15, 0.2) is 27.4 Å². The maximum atomic E-state index is 12.0. The molecule has 4 heteroatoms.